The lowest BCUT2D eigenvalue weighted by molar-refractivity contribution is 0.640. The van der Waals surface area contributed by atoms with E-state index in [4.69, 9.17) is 0 Å². The number of nitriles is 1. The van der Waals surface area contributed by atoms with Gasteiger partial charge in [-0.15, -0.1) is 0 Å². The zero-order valence-electron chi connectivity index (χ0n) is 26.1. The molecule has 0 heterocycles. The van der Waals surface area contributed by atoms with Crippen molar-refractivity contribution in [1.29, 1.82) is 5.26 Å². The van der Waals surface area contributed by atoms with E-state index in [-0.39, 0.29) is 10.8 Å². The second kappa shape index (κ2) is 9.81. The topological polar surface area (TPSA) is 27.0 Å². The Morgan fingerprint density at radius 1 is 0.511 bits per heavy atom. The fraction of sp³-hybridized carbons (Fsp3) is 0.140. The molecule has 216 valence electrons. The van der Waals surface area contributed by atoms with Crippen LogP contribution in [0.2, 0.25) is 0 Å². The first kappa shape index (κ1) is 27.2. The first-order valence-electron chi connectivity index (χ1n) is 15.7. The van der Waals surface area contributed by atoms with Gasteiger partial charge < -0.3 is 4.90 Å². The molecule has 2 aliphatic carbocycles. The fourth-order valence-electron chi connectivity index (χ4n) is 7.98. The van der Waals surface area contributed by atoms with Gasteiger partial charge in [-0.25, -0.2) is 0 Å². The molecule has 0 aromatic heterocycles. The summed E-state index contributed by atoms with van der Waals surface area (Å²) in [5, 5.41) is 9.72. The standard InChI is InChI=1S/C43H34N2/c1-42(2)36-19-11-8-17-32(36)34-26-35-33-18-9-12-20-37(33)43(3,4)40(35)41(39(34)42)45(30-24-22-28(27-44)23-25-30)38-21-13-10-16-31(38)29-14-6-5-7-15-29/h5-26H,1-4H3. The van der Waals surface area contributed by atoms with E-state index in [2.05, 4.69) is 160 Å². The van der Waals surface area contributed by atoms with E-state index in [0.29, 0.717) is 5.56 Å². The van der Waals surface area contributed by atoms with Crippen molar-refractivity contribution in [1.82, 2.24) is 0 Å². The molecule has 0 amide bonds. The van der Waals surface area contributed by atoms with Crippen LogP contribution in [0.3, 0.4) is 0 Å². The average molecular weight is 579 g/mol. The van der Waals surface area contributed by atoms with Crippen LogP contribution in [-0.2, 0) is 10.8 Å². The molecule has 0 radical (unpaired) electrons. The van der Waals surface area contributed by atoms with Gasteiger partial charge in [0.15, 0.2) is 0 Å². The van der Waals surface area contributed by atoms with Crippen molar-refractivity contribution in [3.05, 3.63) is 161 Å². The summed E-state index contributed by atoms with van der Waals surface area (Å²) in [5.41, 5.74) is 16.5. The van der Waals surface area contributed by atoms with Crippen LogP contribution in [0.15, 0.2) is 133 Å². The highest BCUT2D eigenvalue weighted by atomic mass is 15.2. The van der Waals surface area contributed by atoms with Gasteiger partial charge in [0.05, 0.1) is 23.0 Å². The van der Waals surface area contributed by atoms with Crippen molar-refractivity contribution in [2.75, 3.05) is 4.90 Å². The second-order valence-corrected chi connectivity index (χ2v) is 13.3. The number of anilines is 3. The molecule has 2 heteroatoms. The van der Waals surface area contributed by atoms with Gasteiger partial charge in [0.25, 0.3) is 0 Å². The van der Waals surface area contributed by atoms with Crippen LogP contribution >= 0.6 is 0 Å². The third-order valence-electron chi connectivity index (χ3n) is 10.0. The number of hydrogen-bond acceptors (Lipinski definition) is 2. The van der Waals surface area contributed by atoms with E-state index in [9.17, 15) is 5.26 Å². The first-order valence-corrected chi connectivity index (χ1v) is 15.7. The molecule has 0 unspecified atom stereocenters. The molecular formula is C43H34N2. The van der Waals surface area contributed by atoms with Crippen LogP contribution in [0.1, 0.15) is 55.5 Å². The van der Waals surface area contributed by atoms with Crippen LogP contribution < -0.4 is 4.90 Å². The van der Waals surface area contributed by atoms with E-state index < -0.39 is 0 Å². The molecule has 0 saturated heterocycles. The SMILES string of the molecule is CC1(C)c2ccccc2-c2cc3c(c(N(c4ccc(C#N)cc4)c4ccccc4-c4ccccc4)c21)C(C)(C)c1ccccc1-3. The van der Waals surface area contributed by atoms with Gasteiger partial charge in [0, 0.05) is 22.1 Å². The Kier molecular flexibility index (Phi) is 5.93. The summed E-state index contributed by atoms with van der Waals surface area (Å²) in [7, 11) is 0. The zero-order chi connectivity index (χ0) is 30.9. The van der Waals surface area contributed by atoms with Crippen LogP contribution in [-0.4, -0.2) is 0 Å². The number of nitrogens with zero attached hydrogens (tertiary/aromatic N) is 2. The highest BCUT2D eigenvalue weighted by Crippen LogP contribution is 2.62. The molecule has 0 fully saturated rings. The molecule has 45 heavy (non-hydrogen) atoms. The summed E-state index contributed by atoms with van der Waals surface area (Å²) in [5.74, 6) is 0. The Bertz CT molecular complexity index is 2080. The van der Waals surface area contributed by atoms with E-state index in [1.807, 2.05) is 12.1 Å². The smallest absolute Gasteiger partial charge is 0.0991 e. The molecule has 6 aromatic rings. The lowest BCUT2D eigenvalue weighted by Crippen LogP contribution is -2.26. The van der Waals surface area contributed by atoms with E-state index in [0.717, 1.165) is 16.9 Å². The van der Waals surface area contributed by atoms with Gasteiger partial charge in [-0.2, -0.15) is 5.26 Å². The predicted octanol–water partition coefficient (Wildman–Crippen LogP) is 11.3. The number of benzene rings is 6. The highest BCUT2D eigenvalue weighted by Gasteiger charge is 2.46. The lowest BCUT2D eigenvalue weighted by Gasteiger charge is -2.38. The number of hydrogen-bond donors (Lipinski definition) is 0. The number of para-hydroxylation sites is 1. The molecule has 0 aliphatic heterocycles. The Morgan fingerprint density at radius 2 is 1.00 bits per heavy atom. The molecule has 8 rings (SSSR count). The van der Waals surface area contributed by atoms with Crippen LogP contribution in [0.5, 0.6) is 0 Å². The van der Waals surface area contributed by atoms with E-state index >= 15 is 0 Å². The Morgan fingerprint density at radius 3 is 1.56 bits per heavy atom. The quantitative estimate of drug-likeness (QED) is 0.208. The minimum atomic E-state index is -0.242. The predicted molar refractivity (Wildman–Crippen MR) is 186 cm³/mol. The van der Waals surface area contributed by atoms with Gasteiger partial charge >= 0.3 is 0 Å². The molecule has 0 atom stereocenters. The fourth-order valence-corrected chi connectivity index (χ4v) is 7.98. The largest absolute Gasteiger partial charge is 0.309 e. The van der Waals surface area contributed by atoms with Gasteiger partial charge in [-0.3, -0.25) is 0 Å². The van der Waals surface area contributed by atoms with Gasteiger partial charge in [-0.1, -0.05) is 125 Å². The van der Waals surface area contributed by atoms with Crippen molar-refractivity contribution >= 4 is 17.1 Å². The normalized spacial score (nSPS) is 14.6. The summed E-state index contributed by atoms with van der Waals surface area (Å²) in [4.78, 5) is 2.49. The Balaban J connectivity index is 1.55. The third kappa shape index (κ3) is 3.87. The highest BCUT2D eigenvalue weighted by molar-refractivity contribution is 6.01. The first-order chi connectivity index (χ1) is 21.8. The molecule has 0 spiro atoms. The molecule has 0 N–H and O–H groups in total. The lowest BCUT2D eigenvalue weighted by atomic mass is 9.75. The van der Waals surface area contributed by atoms with Crippen molar-refractivity contribution < 1.29 is 0 Å². The maximum absolute atomic E-state index is 9.72. The maximum atomic E-state index is 9.72. The summed E-state index contributed by atoms with van der Waals surface area (Å²) < 4.78 is 0. The second-order valence-electron chi connectivity index (χ2n) is 13.3. The zero-order valence-corrected chi connectivity index (χ0v) is 26.1. The molecule has 2 nitrogen and oxygen atoms in total. The van der Waals surface area contributed by atoms with Crippen LogP contribution in [0.4, 0.5) is 17.1 Å². The van der Waals surface area contributed by atoms with E-state index in [1.54, 1.807) is 0 Å². The molecule has 0 saturated carbocycles. The third-order valence-corrected chi connectivity index (χ3v) is 10.0. The average Bonchev–Trinajstić information content (AvgIpc) is 3.45. The molecule has 0 bridgehead atoms. The van der Waals surface area contributed by atoms with Crippen molar-refractivity contribution in [3.63, 3.8) is 0 Å². The Hall–Kier alpha value is -5.39. The van der Waals surface area contributed by atoms with Gasteiger partial charge in [0.2, 0.25) is 0 Å². The van der Waals surface area contributed by atoms with Crippen molar-refractivity contribution in [3.8, 4) is 39.4 Å². The van der Waals surface area contributed by atoms with Crippen molar-refractivity contribution in [2.45, 2.75) is 38.5 Å². The van der Waals surface area contributed by atoms with Crippen LogP contribution in [0.25, 0.3) is 33.4 Å². The Labute approximate surface area is 265 Å². The summed E-state index contributed by atoms with van der Waals surface area (Å²) in [6.45, 7) is 9.51. The van der Waals surface area contributed by atoms with Gasteiger partial charge in [0.1, 0.15) is 0 Å². The number of fused-ring (bicyclic) bond motifs is 6. The maximum Gasteiger partial charge on any atom is 0.0991 e. The van der Waals surface area contributed by atoms with Crippen molar-refractivity contribution in [2.24, 2.45) is 0 Å². The summed E-state index contributed by atoms with van der Waals surface area (Å²) in [6.07, 6.45) is 0. The van der Waals surface area contributed by atoms with Gasteiger partial charge in [-0.05, 0) is 86.5 Å². The molecule has 6 aromatic carbocycles. The minimum absolute atomic E-state index is 0.242. The van der Waals surface area contributed by atoms with E-state index in [1.165, 1.54) is 55.8 Å². The summed E-state index contributed by atoms with van der Waals surface area (Å²) in [6, 6.07) is 50.1. The summed E-state index contributed by atoms with van der Waals surface area (Å²) >= 11 is 0. The van der Waals surface area contributed by atoms with Crippen LogP contribution in [0, 0.1) is 11.3 Å². The molecular weight excluding hydrogens is 544 g/mol. The number of rotatable bonds is 4. The minimum Gasteiger partial charge on any atom is -0.309 e. The monoisotopic (exact) mass is 578 g/mol. The molecule has 2 aliphatic rings.